The molecular formula is C10H5BrCl3N3O2S. The number of pyridine rings is 2. The highest BCUT2D eigenvalue weighted by molar-refractivity contribution is 9.10. The lowest BCUT2D eigenvalue weighted by Gasteiger charge is -2.09. The van der Waals surface area contributed by atoms with Crippen LogP contribution in [0.5, 0.6) is 0 Å². The number of halogens is 4. The Morgan fingerprint density at radius 2 is 1.70 bits per heavy atom. The van der Waals surface area contributed by atoms with Gasteiger partial charge in [-0.15, -0.1) is 0 Å². The first-order valence-corrected chi connectivity index (χ1v) is 8.35. The molecular weight excluding hydrogens is 412 g/mol. The highest BCUT2D eigenvalue weighted by Gasteiger charge is 2.18. The Morgan fingerprint density at radius 1 is 1.05 bits per heavy atom. The standard InChI is InChI=1S/C10H5BrCl3N3O2S/c11-5-1-8(10(14)15-3-5)17-20(18,19)6-2-7(12)9(13)16-4-6/h1-4,17H. The van der Waals surface area contributed by atoms with E-state index in [2.05, 4.69) is 30.6 Å². The summed E-state index contributed by atoms with van der Waals surface area (Å²) in [5.74, 6) is 0. The number of nitrogens with zero attached hydrogens (tertiary/aromatic N) is 2. The number of anilines is 1. The summed E-state index contributed by atoms with van der Waals surface area (Å²) >= 11 is 20.4. The van der Waals surface area contributed by atoms with E-state index in [4.69, 9.17) is 34.8 Å². The maximum atomic E-state index is 12.2. The second kappa shape index (κ2) is 6.03. The van der Waals surface area contributed by atoms with Gasteiger partial charge in [0.25, 0.3) is 10.0 Å². The molecule has 2 heterocycles. The molecule has 0 spiro atoms. The lowest BCUT2D eigenvalue weighted by molar-refractivity contribution is 0.601. The van der Waals surface area contributed by atoms with Gasteiger partial charge in [-0.25, -0.2) is 18.4 Å². The molecule has 0 aliphatic heterocycles. The van der Waals surface area contributed by atoms with Gasteiger partial charge >= 0.3 is 0 Å². The second-order valence-electron chi connectivity index (χ2n) is 3.54. The van der Waals surface area contributed by atoms with E-state index in [1.54, 1.807) is 0 Å². The van der Waals surface area contributed by atoms with Crippen LogP contribution in [0.1, 0.15) is 0 Å². The van der Waals surface area contributed by atoms with Gasteiger partial charge in [0.1, 0.15) is 10.0 Å². The van der Waals surface area contributed by atoms with Crippen LogP contribution in [0.15, 0.2) is 33.9 Å². The van der Waals surface area contributed by atoms with E-state index in [1.807, 2.05) is 0 Å². The Labute approximate surface area is 138 Å². The highest BCUT2D eigenvalue weighted by Crippen LogP contribution is 2.27. The molecule has 20 heavy (non-hydrogen) atoms. The van der Waals surface area contributed by atoms with E-state index in [9.17, 15) is 8.42 Å². The highest BCUT2D eigenvalue weighted by atomic mass is 79.9. The van der Waals surface area contributed by atoms with Gasteiger partial charge in [0.05, 0.1) is 10.7 Å². The SMILES string of the molecule is O=S(=O)(Nc1cc(Br)cnc1Cl)c1cnc(Cl)c(Cl)c1. The van der Waals surface area contributed by atoms with Gasteiger partial charge < -0.3 is 0 Å². The average Bonchev–Trinajstić information content (AvgIpc) is 2.36. The molecule has 106 valence electrons. The molecule has 2 aromatic heterocycles. The van der Waals surface area contributed by atoms with E-state index in [-0.39, 0.29) is 25.9 Å². The molecule has 0 unspecified atom stereocenters. The Hall–Kier alpha value is -0.600. The number of rotatable bonds is 3. The predicted molar refractivity (Wildman–Crippen MR) is 82.0 cm³/mol. The topological polar surface area (TPSA) is 72.0 Å². The fourth-order valence-corrected chi connectivity index (χ4v) is 3.15. The molecule has 0 aliphatic carbocycles. The Balaban J connectivity index is 2.40. The Morgan fingerprint density at radius 3 is 2.35 bits per heavy atom. The third-order valence-electron chi connectivity index (χ3n) is 2.13. The maximum Gasteiger partial charge on any atom is 0.263 e. The quantitative estimate of drug-likeness (QED) is 0.767. The van der Waals surface area contributed by atoms with Crippen LogP contribution in [0, 0.1) is 0 Å². The summed E-state index contributed by atoms with van der Waals surface area (Å²) < 4.78 is 27.2. The summed E-state index contributed by atoms with van der Waals surface area (Å²) in [7, 11) is -3.89. The van der Waals surface area contributed by atoms with Crippen molar-refractivity contribution in [1.29, 1.82) is 0 Å². The first kappa shape index (κ1) is 15.8. The van der Waals surface area contributed by atoms with Crippen molar-refractivity contribution in [2.75, 3.05) is 4.72 Å². The van der Waals surface area contributed by atoms with Crippen LogP contribution in [0.25, 0.3) is 0 Å². The zero-order valence-electron chi connectivity index (χ0n) is 9.44. The number of hydrogen-bond donors (Lipinski definition) is 1. The molecule has 10 heteroatoms. The van der Waals surface area contributed by atoms with Crippen molar-refractivity contribution >= 4 is 66.4 Å². The predicted octanol–water partition coefficient (Wildman–Crippen LogP) is 4.00. The van der Waals surface area contributed by atoms with Crippen LogP contribution in [-0.2, 0) is 10.0 Å². The first-order valence-electron chi connectivity index (χ1n) is 4.94. The molecule has 0 bridgehead atoms. The summed E-state index contributed by atoms with van der Waals surface area (Å²) in [4.78, 5) is 7.36. The number of nitrogens with one attached hydrogen (secondary N) is 1. The molecule has 2 rings (SSSR count). The van der Waals surface area contributed by atoms with Gasteiger partial charge in [-0.2, -0.15) is 0 Å². The number of hydrogen-bond acceptors (Lipinski definition) is 4. The molecule has 0 aliphatic rings. The number of sulfonamides is 1. The molecule has 0 saturated heterocycles. The Bertz CT molecular complexity index is 770. The van der Waals surface area contributed by atoms with E-state index in [0.29, 0.717) is 4.47 Å². The van der Waals surface area contributed by atoms with Crippen molar-refractivity contribution in [2.24, 2.45) is 0 Å². The molecule has 0 amide bonds. The molecule has 2 aromatic rings. The molecule has 5 nitrogen and oxygen atoms in total. The zero-order valence-corrected chi connectivity index (χ0v) is 14.1. The van der Waals surface area contributed by atoms with Crippen molar-refractivity contribution < 1.29 is 8.42 Å². The number of aromatic nitrogens is 2. The fourth-order valence-electron chi connectivity index (χ4n) is 1.25. The summed E-state index contributed by atoms with van der Waals surface area (Å²) in [6.45, 7) is 0. The van der Waals surface area contributed by atoms with Gasteiger partial charge in [0, 0.05) is 16.9 Å². The van der Waals surface area contributed by atoms with Crippen LogP contribution < -0.4 is 4.72 Å². The summed E-state index contributed by atoms with van der Waals surface area (Å²) in [6, 6.07) is 2.68. The van der Waals surface area contributed by atoms with Gasteiger partial charge in [-0.05, 0) is 28.1 Å². The summed E-state index contributed by atoms with van der Waals surface area (Å²) in [5.41, 5.74) is 0.132. The minimum atomic E-state index is -3.89. The van der Waals surface area contributed by atoms with Crippen molar-refractivity contribution in [2.45, 2.75) is 4.90 Å². The summed E-state index contributed by atoms with van der Waals surface area (Å²) in [5, 5.41) is 0.0746. The monoisotopic (exact) mass is 415 g/mol. The third kappa shape index (κ3) is 3.53. The van der Waals surface area contributed by atoms with E-state index < -0.39 is 10.0 Å². The van der Waals surface area contributed by atoms with Gasteiger partial charge in [0.2, 0.25) is 0 Å². The normalized spacial score (nSPS) is 11.4. The van der Waals surface area contributed by atoms with Crippen molar-refractivity contribution in [3.63, 3.8) is 0 Å². The van der Waals surface area contributed by atoms with Crippen LogP contribution in [0.2, 0.25) is 15.3 Å². The van der Waals surface area contributed by atoms with Gasteiger partial charge in [-0.1, -0.05) is 34.8 Å². The van der Waals surface area contributed by atoms with Gasteiger partial charge in [-0.3, -0.25) is 4.72 Å². The summed E-state index contributed by atoms with van der Waals surface area (Å²) in [6.07, 6.45) is 2.54. The van der Waals surface area contributed by atoms with E-state index in [1.165, 1.54) is 18.3 Å². The smallest absolute Gasteiger partial charge is 0.263 e. The molecule has 0 radical (unpaired) electrons. The van der Waals surface area contributed by atoms with Crippen molar-refractivity contribution in [3.8, 4) is 0 Å². The molecule has 0 fully saturated rings. The lowest BCUT2D eigenvalue weighted by Crippen LogP contribution is -2.14. The van der Waals surface area contributed by atoms with Crippen LogP contribution in [0.4, 0.5) is 5.69 Å². The minimum Gasteiger partial charge on any atom is -0.276 e. The minimum absolute atomic E-state index is 0.0183. The molecule has 0 aromatic carbocycles. The lowest BCUT2D eigenvalue weighted by atomic mass is 10.4. The van der Waals surface area contributed by atoms with Crippen LogP contribution >= 0.6 is 50.7 Å². The van der Waals surface area contributed by atoms with E-state index >= 15 is 0 Å². The molecule has 0 saturated carbocycles. The largest absolute Gasteiger partial charge is 0.276 e. The molecule has 0 atom stereocenters. The third-order valence-corrected chi connectivity index (χ3v) is 4.88. The Kier molecular flexibility index (Phi) is 4.76. The van der Waals surface area contributed by atoms with E-state index in [0.717, 1.165) is 6.20 Å². The van der Waals surface area contributed by atoms with Crippen LogP contribution in [0.3, 0.4) is 0 Å². The second-order valence-corrected chi connectivity index (χ2v) is 7.26. The first-order chi connectivity index (χ1) is 9.29. The van der Waals surface area contributed by atoms with Crippen molar-refractivity contribution in [1.82, 2.24) is 9.97 Å². The van der Waals surface area contributed by atoms with Crippen LogP contribution in [-0.4, -0.2) is 18.4 Å². The van der Waals surface area contributed by atoms with Crippen molar-refractivity contribution in [3.05, 3.63) is 44.3 Å². The average molecular weight is 417 g/mol. The maximum absolute atomic E-state index is 12.2. The van der Waals surface area contributed by atoms with Gasteiger partial charge in [0.15, 0.2) is 5.15 Å². The zero-order chi connectivity index (χ0) is 14.9. The fraction of sp³-hybridized carbons (Fsp3) is 0. The molecule has 1 N–H and O–H groups in total.